The molecule has 0 aliphatic heterocycles. The first kappa shape index (κ1) is 9.81. The van der Waals surface area contributed by atoms with Crippen LogP contribution in [0, 0.1) is 0 Å². The summed E-state index contributed by atoms with van der Waals surface area (Å²) in [5.41, 5.74) is 0.874. The number of methoxy groups -OCH3 is 1. The van der Waals surface area contributed by atoms with Gasteiger partial charge in [-0.15, -0.1) is 0 Å². The fourth-order valence-corrected chi connectivity index (χ4v) is 1.09. The summed E-state index contributed by atoms with van der Waals surface area (Å²) >= 11 is 0. The van der Waals surface area contributed by atoms with E-state index in [-0.39, 0.29) is 0 Å². The van der Waals surface area contributed by atoms with Crippen LogP contribution in [0.4, 0.5) is 0 Å². The first-order valence-corrected chi connectivity index (χ1v) is 4.22. The van der Waals surface area contributed by atoms with E-state index in [1.165, 1.54) is 0 Å². The van der Waals surface area contributed by atoms with Gasteiger partial charge in [-0.25, -0.2) is 0 Å². The summed E-state index contributed by atoms with van der Waals surface area (Å²) in [7, 11) is 1.62. The minimum atomic E-state index is -0.518. The average molecular weight is 178 g/mol. The van der Waals surface area contributed by atoms with Gasteiger partial charge in [0, 0.05) is 0 Å². The minimum Gasteiger partial charge on any atom is -0.497 e. The van der Waals surface area contributed by atoms with E-state index < -0.39 is 6.10 Å². The molecule has 0 fully saturated rings. The molecule has 0 aliphatic carbocycles. The highest BCUT2D eigenvalue weighted by Gasteiger charge is 2.01. The summed E-state index contributed by atoms with van der Waals surface area (Å²) in [6, 6.07) is 7.37. The monoisotopic (exact) mass is 178 g/mol. The number of aliphatic hydroxyl groups excluding tert-OH is 1. The molecule has 0 saturated carbocycles. The summed E-state index contributed by atoms with van der Waals surface area (Å²) < 4.78 is 5.01. The molecule has 0 amide bonds. The highest BCUT2D eigenvalue weighted by Crippen LogP contribution is 2.18. The van der Waals surface area contributed by atoms with Crippen LogP contribution in [-0.2, 0) is 0 Å². The maximum atomic E-state index is 9.56. The van der Waals surface area contributed by atoms with Gasteiger partial charge in [0.1, 0.15) is 5.75 Å². The zero-order valence-corrected chi connectivity index (χ0v) is 7.90. The summed E-state index contributed by atoms with van der Waals surface area (Å²) in [6.07, 6.45) is 3.05. The smallest absolute Gasteiger partial charge is 0.118 e. The van der Waals surface area contributed by atoms with Gasteiger partial charge in [-0.1, -0.05) is 24.3 Å². The standard InChI is InChI=1S/C11H14O2/c1-3-4-11(12)9-5-7-10(13-2)8-6-9/h3-8,11-12H,1-2H3/b4-3-. The number of hydrogen-bond acceptors (Lipinski definition) is 2. The molecule has 1 aromatic rings. The maximum Gasteiger partial charge on any atom is 0.118 e. The van der Waals surface area contributed by atoms with Gasteiger partial charge in [0.05, 0.1) is 13.2 Å². The summed E-state index contributed by atoms with van der Waals surface area (Å²) in [6.45, 7) is 1.88. The SMILES string of the molecule is C/C=C\C(O)c1ccc(OC)cc1. The quantitative estimate of drug-likeness (QED) is 0.720. The number of aliphatic hydroxyl groups is 1. The van der Waals surface area contributed by atoms with Crippen molar-refractivity contribution in [2.45, 2.75) is 13.0 Å². The van der Waals surface area contributed by atoms with Crippen molar-refractivity contribution >= 4 is 0 Å². The zero-order valence-electron chi connectivity index (χ0n) is 7.90. The summed E-state index contributed by atoms with van der Waals surface area (Å²) in [5, 5.41) is 9.56. The van der Waals surface area contributed by atoms with Gasteiger partial charge in [-0.2, -0.15) is 0 Å². The summed E-state index contributed by atoms with van der Waals surface area (Å²) in [4.78, 5) is 0. The fourth-order valence-electron chi connectivity index (χ4n) is 1.09. The molecular formula is C11H14O2. The number of hydrogen-bond donors (Lipinski definition) is 1. The molecule has 2 nitrogen and oxygen atoms in total. The van der Waals surface area contributed by atoms with Crippen LogP contribution < -0.4 is 4.74 Å². The molecule has 1 N–H and O–H groups in total. The van der Waals surface area contributed by atoms with Crippen molar-refractivity contribution in [3.05, 3.63) is 42.0 Å². The van der Waals surface area contributed by atoms with Crippen LogP contribution in [-0.4, -0.2) is 12.2 Å². The van der Waals surface area contributed by atoms with E-state index in [1.54, 1.807) is 13.2 Å². The molecule has 0 aliphatic rings. The van der Waals surface area contributed by atoms with Crippen LogP contribution in [0.3, 0.4) is 0 Å². The van der Waals surface area contributed by atoms with Crippen LogP contribution >= 0.6 is 0 Å². The average Bonchev–Trinajstić information content (AvgIpc) is 2.18. The highest BCUT2D eigenvalue weighted by atomic mass is 16.5. The topological polar surface area (TPSA) is 29.5 Å². The van der Waals surface area contributed by atoms with E-state index in [2.05, 4.69) is 0 Å². The van der Waals surface area contributed by atoms with Gasteiger partial charge in [-0.3, -0.25) is 0 Å². The van der Waals surface area contributed by atoms with E-state index in [0.717, 1.165) is 11.3 Å². The van der Waals surface area contributed by atoms with Gasteiger partial charge in [0.25, 0.3) is 0 Å². The lowest BCUT2D eigenvalue weighted by atomic mass is 10.1. The maximum absolute atomic E-state index is 9.56. The van der Waals surface area contributed by atoms with Crippen LogP contribution in [0.2, 0.25) is 0 Å². The minimum absolute atomic E-state index is 0.518. The molecule has 13 heavy (non-hydrogen) atoms. The van der Waals surface area contributed by atoms with Crippen LogP contribution in [0.15, 0.2) is 36.4 Å². The molecular weight excluding hydrogens is 164 g/mol. The number of ether oxygens (including phenoxy) is 1. The number of allylic oxidation sites excluding steroid dienone is 1. The summed E-state index contributed by atoms with van der Waals surface area (Å²) in [5.74, 6) is 0.802. The normalized spacial score (nSPS) is 13.2. The number of rotatable bonds is 3. The molecule has 1 rings (SSSR count). The van der Waals surface area contributed by atoms with Gasteiger partial charge in [-0.05, 0) is 24.6 Å². The van der Waals surface area contributed by atoms with E-state index in [4.69, 9.17) is 4.74 Å². The Morgan fingerprint density at radius 3 is 2.38 bits per heavy atom. The predicted molar refractivity (Wildman–Crippen MR) is 52.8 cm³/mol. The van der Waals surface area contributed by atoms with Crippen molar-refractivity contribution in [1.82, 2.24) is 0 Å². The van der Waals surface area contributed by atoms with Crippen molar-refractivity contribution in [3.63, 3.8) is 0 Å². The first-order valence-electron chi connectivity index (χ1n) is 4.22. The zero-order chi connectivity index (χ0) is 9.68. The second-order valence-electron chi connectivity index (χ2n) is 2.74. The van der Waals surface area contributed by atoms with Gasteiger partial charge in [0.2, 0.25) is 0 Å². The fraction of sp³-hybridized carbons (Fsp3) is 0.273. The highest BCUT2D eigenvalue weighted by molar-refractivity contribution is 5.29. The number of benzene rings is 1. The van der Waals surface area contributed by atoms with Crippen molar-refractivity contribution in [1.29, 1.82) is 0 Å². The Labute approximate surface area is 78.5 Å². The molecule has 0 saturated heterocycles. The largest absolute Gasteiger partial charge is 0.497 e. The molecule has 0 aromatic heterocycles. The Hall–Kier alpha value is -1.28. The van der Waals surface area contributed by atoms with Crippen molar-refractivity contribution in [2.24, 2.45) is 0 Å². The Balaban J connectivity index is 2.79. The lowest BCUT2D eigenvalue weighted by Crippen LogP contribution is -1.92. The van der Waals surface area contributed by atoms with Crippen LogP contribution in [0.5, 0.6) is 5.75 Å². The van der Waals surface area contributed by atoms with Crippen LogP contribution in [0.1, 0.15) is 18.6 Å². The van der Waals surface area contributed by atoms with Crippen molar-refractivity contribution < 1.29 is 9.84 Å². The molecule has 0 radical (unpaired) electrons. The van der Waals surface area contributed by atoms with Gasteiger partial charge < -0.3 is 9.84 Å². The lowest BCUT2D eigenvalue weighted by Gasteiger charge is -2.06. The molecule has 0 bridgehead atoms. The Morgan fingerprint density at radius 1 is 1.31 bits per heavy atom. The van der Waals surface area contributed by atoms with E-state index in [9.17, 15) is 5.11 Å². The molecule has 1 unspecified atom stereocenters. The van der Waals surface area contributed by atoms with Gasteiger partial charge in [0.15, 0.2) is 0 Å². The molecule has 2 heteroatoms. The third-order valence-corrected chi connectivity index (χ3v) is 1.83. The third kappa shape index (κ3) is 2.60. The third-order valence-electron chi connectivity index (χ3n) is 1.83. The molecule has 1 aromatic carbocycles. The molecule has 1 atom stereocenters. The molecule has 0 spiro atoms. The van der Waals surface area contributed by atoms with Crippen molar-refractivity contribution in [2.75, 3.05) is 7.11 Å². The molecule has 70 valence electrons. The van der Waals surface area contributed by atoms with Crippen molar-refractivity contribution in [3.8, 4) is 5.75 Å². The Morgan fingerprint density at radius 2 is 1.92 bits per heavy atom. The molecule has 0 heterocycles. The predicted octanol–water partition coefficient (Wildman–Crippen LogP) is 2.30. The first-order chi connectivity index (χ1) is 6.27. The Kier molecular flexibility index (Phi) is 3.53. The van der Waals surface area contributed by atoms with Gasteiger partial charge >= 0.3 is 0 Å². The second-order valence-corrected chi connectivity index (χ2v) is 2.74. The van der Waals surface area contributed by atoms with E-state index in [0.29, 0.717) is 0 Å². The second kappa shape index (κ2) is 4.67. The Bertz CT molecular complexity index is 275. The lowest BCUT2D eigenvalue weighted by molar-refractivity contribution is 0.228. The van der Waals surface area contributed by atoms with E-state index >= 15 is 0 Å². The van der Waals surface area contributed by atoms with E-state index in [1.807, 2.05) is 37.3 Å². The van der Waals surface area contributed by atoms with Crippen LogP contribution in [0.25, 0.3) is 0 Å².